The Labute approximate surface area is 95.7 Å². The van der Waals surface area contributed by atoms with Crippen molar-refractivity contribution in [3.8, 4) is 6.07 Å². The van der Waals surface area contributed by atoms with Gasteiger partial charge in [0, 0.05) is 18.8 Å². The van der Waals surface area contributed by atoms with E-state index >= 15 is 0 Å². The Kier molecular flexibility index (Phi) is 3.73. The summed E-state index contributed by atoms with van der Waals surface area (Å²) in [5.41, 5.74) is 1.49. The Bertz CT molecular complexity index is 379. The van der Waals surface area contributed by atoms with Crippen molar-refractivity contribution >= 4 is 5.69 Å². The Morgan fingerprint density at radius 3 is 3.06 bits per heavy atom. The Morgan fingerprint density at radius 2 is 2.31 bits per heavy atom. The van der Waals surface area contributed by atoms with Crippen LogP contribution in [0.5, 0.6) is 0 Å². The van der Waals surface area contributed by atoms with Crippen LogP contribution in [-0.4, -0.2) is 24.1 Å². The van der Waals surface area contributed by atoms with Crippen molar-refractivity contribution in [2.24, 2.45) is 0 Å². The second-order valence-electron chi connectivity index (χ2n) is 4.04. The molecule has 0 bridgehead atoms. The van der Waals surface area contributed by atoms with E-state index in [2.05, 4.69) is 21.7 Å². The average Bonchev–Trinajstić information content (AvgIpc) is 3.13. The van der Waals surface area contributed by atoms with Crippen LogP contribution in [0.3, 0.4) is 0 Å². The van der Waals surface area contributed by atoms with Crippen molar-refractivity contribution in [3.05, 3.63) is 24.0 Å². The van der Waals surface area contributed by atoms with E-state index in [4.69, 9.17) is 5.26 Å². The van der Waals surface area contributed by atoms with Gasteiger partial charge in [-0.2, -0.15) is 5.26 Å². The SMILES string of the molecule is N#Cc1ccncc1NCCCNC1CC1. The normalized spacial score (nSPS) is 14.4. The van der Waals surface area contributed by atoms with Gasteiger partial charge in [-0.25, -0.2) is 0 Å². The molecule has 0 amide bonds. The Balaban J connectivity index is 1.69. The zero-order chi connectivity index (χ0) is 11.2. The number of nitrogens with zero attached hydrogens (tertiary/aromatic N) is 2. The van der Waals surface area contributed by atoms with Gasteiger partial charge in [-0.05, 0) is 31.9 Å². The highest BCUT2D eigenvalue weighted by molar-refractivity contribution is 5.55. The highest BCUT2D eigenvalue weighted by Gasteiger charge is 2.19. The van der Waals surface area contributed by atoms with E-state index in [0.29, 0.717) is 5.56 Å². The summed E-state index contributed by atoms with van der Waals surface area (Å²) >= 11 is 0. The largest absolute Gasteiger partial charge is 0.383 e. The van der Waals surface area contributed by atoms with E-state index in [1.54, 1.807) is 18.5 Å². The lowest BCUT2D eigenvalue weighted by atomic mass is 10.2. The second-order valence-corrected chi connectivity index (χ2v) is 4.04. The Hall–Kier alpha value is -1.60. The fourth-order valence-corrected chi connectivity index (χ4v) is 1.54. The van der Waals surface area contributed by atoms with E-state index in [1.807, 2.05) is 0 Å². The number of anilines is 1. The number of rotatable bonds is 6. The summed E-state index contributed by atoms with van der Waals surface area (Å²) in [4.78, 5) is 4.00. The minimum Gasteiger partial charge on any atom is -0.383 e. The third kappa shape index (κ3) is 3.21. The molecule has 0 aliphatic heterocycles. The summed E-state index contributed by atoms with van der Waals surface area (Å²) < 4.78 is 0. The van der Waals surface area contributed by atoms with E-state index < -0.39 is 0 Å². The molecule has 1 saturated carbocycles. The van der Waals surface area contributed by atoms with Gasteiger partial charge in [0.25, 0.3) is 0 Å². The minimum atomic E-state index is 0.658. The fourth-order valence-electron chi connectivity index (χ4n) is 1.54. The summed E-state index contributed by atoms with van der Waals surface area (Å²) in [7, 11) is 0. The molecule has 84 valence electrons. The maximum Gasteiger partial charge on any atom is 0.101 e. The first-order chi connectivity index (χ1) is 7.90. The van der Waals surface area contributed by atoms with Gasteiger partial charge in [-0.15, -0.1) is 0 Å². The molecule has 1 aromatic heterocycles. The molecule has 0 aromatic carbocycles. The molecule has 1 fully saturated rings. The van der Waals surface area contributed by atoms with Crippen molar-refractivity contribution in [2.45, 2.75) is 25.3 Å². The van der Waals surface area contributed by atoms with Crippen LogP contribution in [0.1, 0.15) is 24.8 Å². The molecular weight excluding hydrogens is 200 g/mol. The summed E-state index contributed by atoms with van der Waals surface area (Å²) in [6.45, 7) is 1.92. The molecule has 4 nitrogen and oxygen atoms in total. The topological polar surface area (TPSA) is 60.7 Å². The van der Waals surface area contributed by atoms with Crippen LogP contribution in [0, 0.1) is 11.3 Å². The van der Waals surface area contributed by atoms with Crippen LogP contribution >= 0.6 is 0 Å². The van der Waals surface area contributed by atoms with E-state index in [1.165, 1.54) is 12.8 Å². The summed E-state index contributed by atoms with van der Waals surface area (Å²) in [5.74, 6) is 0. The number of nitriles is 1. The van der Waals surface area contributed by atoms with Crippen LogP contribution in [0.4, 0.5) is 5.69 Å². The highest BCUT2D eigenvalue weighted by atomic mass is 15.0. The molecule has 1 heterocycles. The molecule has 2 rings (SSSR count). The zero-order valence-electron chi connectivity index (χ0n) is 9.24. The molecule has 0 unspecified atom stereocenters. The first-order valence-electron chi connectivity index (χ1n) is 5.71. The summed E-state index contributed by atoms with van der Waals surface area (Å²) in [5, 5.41) is 15.6. The van der Waals surface area contributed by atoms with Crippen molar-refractivity contribution < 1.29 is 0 Å². The summed E-state index contributed by atoms with van der Waals surface area (Å²) in [6.07, 6.45) is 7.06. The number of hydrogen-bond acceptors (Lipinski definition) is 4. The van der Waals surface area contributed by atoms with Gasteiger partial charge in [0.05, 0.1) is 17.4 Å². The molecule has 0 radical (unpaired) electrons. The average molecular weight is 216 g/mol. The molecule has 1 aromatic rings. The standard InChI is InChI=1S/C12H16N4/c13-8-10-4-7-14-9-12(10)16-6-1-5-15-11-2-3-11/h4,7,9,11,15-16H,1-3,5-6H2. The van der Waals surface area contributed by atoms with Crippen LogP contribution in [0.25, 0.3) is 0 Å². The van der Waals surface area contributed by atoms with Crippen LogP contribution in [0.2, 0.25) is 0 Å². The monoisotopic (exact) mass is 216 g/mol. The lowest BCUT2D eigenvalue weighted by Gasteiger charge is -2.07. The quantitative estimate of drug-likeness (QED) is 0.708. The Morgan fingerprint density at radius 1 is 1.44 bits per heavy atom. The summed E-state index contributed by atoms with van der Waals surface area (Å²) in [6, 6.07) is 4.64. The molecule has 1 aliphatic rings. The van der Waals surface area contributed by atoms with Crippen LogP contribution in [-0.2, 0) is 0 Å². The zero-order valence-corrected chi connectivity index (χ0v) is 9.24. The van der Waals surface area contributed by atoms with Crippen molar-refractivity contribution in [3.63, 3.8) is 0 Å². The van der Waals surface area contributed by atoms with Gasteiger partial charge in [0.15, 0.2) is 0 Å². The molecular formula is C12H16N4. The molecule has 1 aliphatic carbocycles. The van der Waals surface area contributed by atoms with Crippen molar-refractivity contribution in [2.75, 3.05) is 18.4 Å². The smallest absolute Gasteiger partial charge is 0.101 e. The first-order valence-corrected chi connectivity index (χ1v) is 5.71. The predicted octanol–water partition coefficient (Wildman–Crippen LogP) is 1.51. The number of pyridine rings is 1. The first kappa shape index (κ1) is 10.9. The molecule has 2 N–H and O–H groups in total. The number of nitrogens with one attached hydrogen (secondary N) is 2. The van der Waals surface area contributed by atoms with Gasteiger partial charge in [-0.1, -0.05) is 0 Å². The second kappa shape index (κ2) is 5.47. The van der Waals surface area contributed by atoms with Gasteiger partial charge in [0.1, 0.15) is 6.07 Å². The fraction of sp³-hybridized carbons (Fsp3) is 0.500. The van der Waals surface area contributed by atoms with Gasteiger partial charge in [0.2, 0.25) is 0 Å². The third-order valence-corrected chi connectivity index (χ3v) is 2.62. The van der Waals surface area contributed by atoms with E-state index in [-0.39, 0.29) is 0 Å². The van der Waals surface area contributed by atoms with E-state index in [0.717, 1.165) is 31.2 Å². The van der Waals surface area contributed by atoms with Crippen LogP contribution in [0.15, 0.2) is 18.5 Å². The van der Waals surface area contributed by atoms with Gasteiger partial charge < -0.3 is 10.6 Å². The molecule has 16 heavy (non-hydrogen) atoms. The lowest BCUT2D eigenvalue weighted by Crippen LogP contribution is -2.20. The maximum absolute atomic E-state index is 8.87. The minimum absolute atomic E-state index is 0.658. The molecule has 0 saturated heterocycles. The predicted molar refractivity (Wildman–Crippen MR) is 63.1 cm³/mol. The number of hydrogen-bond donors (Lipinski definition) is 2. The number of aromatic nitrogens is 1. The van der Waals surface area contributed by atoms with Crippen molar-refractivity contribution in [1.82, 2.24) is 10.3 Å². The van der Waals surface area contributed by atoms with Crippen molar-refractivity contribution in [1.29, 1.82) is 5.26 Å². The van der Waals surface area contributed by atoms with Gasteiger partial charge >= 0.3 is 0 Å². The highest BCUT2D eigenvalue weighted by Crippen LogP contribution is 2.18. The molecule has 4 heteroatoms. The molecule has 0 atom stereocenters. The third-order valence-electron chi connectivity index (χ3n) is 2.62. The maximum atomic E-state index is 8.87. The van der Waals surface area contributed by atoms with E-state index in [9.17, 15) is 0 Å². The van der Waals surface area contributed by atoms with Crippen LogP contribution < -0.4 is 10.6 Å². The molecule has 0 spiro atoms. The van der Waals surface area contributed by atoms with Gasteiger partial charge in [-0.3, -0.25) is 4.98 Å². The lowest BCUT2D eigenvalue weighted by molar-refractivity contribution is 0.659.